The first-order valence-corrected chi connectivity index (χ1v) is 6.28. The summed E-state index contributed by atoms with van der Waals surface area (Å²) in [5, 5.41) is 6.97. The van der Waals surface area contributed by atoms with Crippen LogP contribution in [0, 0.1) is 11.8 Å². The molecule has 3 heteroatoms. The molecule has 0 spiro atoms. The summed E-state index contributed by atoms with van der Waals surface area (Å²) in [4.78, 5) is 4.41. The van der Waals surface area contributed by atoms with Crippen molar-refractivity contribution in [3.05, 3.63) is 16.6 Å². The third kappa shape index (κ3) is 2.55. The molecule has 0 bridgehead atoms. The summed E-state index contributed by atoms with van der Waals surface area (Å²) in [7, 11) is 0. The molecule has 2 rings (SSSR count). The number of rotatable bonds is 5. The number of hydrogen-bond acceptors (Lipinski definition) is 3. The van der Waals surface area contributed by atoms with Crippen molar-refractivity contribution in [1.29, 1.82) is 0 Å². The lowest BCUT2D eigenvalue weighted by atomic mass is 10.1. The van der Waals surface area contributed by atoms with E-state index in [-0.39, 0.29) is 0 Å². The van der Waals surface area contributed by atoms with Crippen molar-refractivity contribution in [2.24, 2.45) is 11.8 Å². The van der Waals surface area contributed by atoms with Gasteiger partial charge in [0, 0.05) is 11.6 Å². The second-order valence-corrected chi connectivity index (χ2v) is 5.41. The molecule has 1 unspecified atom stereocenters. The van der Waals surface area contributed by atoms with E-state index in [1.54, 1.807) is 11.3 Å². The van der Waals surface area contributed by atoms with Crippen LogP contribution < -0.4 is 5.32 Å². The fourth-order valence-corrected chi connectivity index (χ4v) is 2.44. The van der Waals surface area contributed by atoms with Gasteiger partial charge in [-0.2, -0.15) is 0 Å². The van der Waals surface area contributed by atoms with Gasteiger partial charge in [-0.25, -0.2) is 4.98 Å². The van der Waals surface area contributed by atoms with Gasteiger partial charge < -0.3 is 5.32 Å². The van der Waals surface area contributed by atoms with Crippen LogP contribution in [-0.4, -0.2) is 11.5 Å². The molecule has 1 atom stereocenters. The third-order valence-electron chi connectivity index (χ3n) is 2.56. The minimum absolute atomic E-state index is 0.525. The Balaban J connectivity index is 1.94. The van der Waals surface area contributed by atoms with Gasteiger partial charge in [0.05, 0.1) is 6.04 Å². The molecule has 1 aliphatic rings. The highest BCUT2D eigenvalue weighted by atomic mass is 32.1. The molecule has 0 aromatic carbocycles. The highest BCUT2D eigenvalue weighted by molar-refractivity contribution is 7.09. The zero-order chi connectivity index (χ0) is 9.97. The van der Waals surface area contributed by atoms with Gasteiger partial charge in [-0.1, -0.05) is 13.8 Å². The summed E-state index contributed by atoms with van der Waals surface area (Å²) < 4.78 is 0. The molecule has 1 heterocycles. The molecular weight excluding hydrogens is 192 g/mol. The monoisotopic (exact) mass is 210 g/mol. The normalized spacial score (nSPS) is 18.8. The Morgan fingerprint density at radius 3 is 2.86 bits per heavy atom. The van der Waals surface area contributed by atoms with Gasteiger partial charge in [-0.05, 0) is 31.2 Å². The number of thiazole rings is 1. The molecule has 1 N–H and O–H groups in total. The van der Waals surface area contributed by atoms with Crippen molar-refractivity contribution < 1.29 is 0 Å². The minimum Gasteiger partial charge on any atom is -0.307 e. The first-order chi connectivity index (χ1) is 6.77. The highest BCUT2D eigenvalue weighted by Crippen LogP contribution is 2.41. The number of nitrogens with one attached hydrogen (secondary N) is 1. The molecule has 0 radical (unpaired) electrons. The van der Waals surface area contributed by atoms with Gasteiger partial charge in [0.25, 0.3) is 0 Å². The molecule has 14 heavy (non-hydrogen) atoms. The molecule has 1 fully saturated rings. The Morgan fingerprint density at radius 2 is 2.36 bits per heavy atom. The van der Waals surface area contributed by atoms with E-state index in [1.165, 1.54) is 17.8 Å². The molecular formula is C11H18N2S. The molecule has 1 aromatic heterocycles. The lowest BCUT2D eigenvalue weighted by Gasteiger charge is -2.17. The first kappa shape index (κ1) is 10.1. The van der Waals surface area contributed by atoms with E-state index < -0.39 is 0 Å². The van der Waals surface area contributed by atoms with Crippen LogP contribution in [0.15, 0.2) is 11.6 Å². The van der Waals surface area contributed by atoms with Crippen molar-refractivity contribution >= 4 is 11.3 Å². The maximum atomic E-state index is 4.41. The van der Waals surface area contributed by atoms with Crippen LogP contribution in [0.2, 0.25) is 0 Å². The Morgan fingerprint density at radius 1 is 1.57 bits per heavy atom. The smallest absolute Gasteiger partial charge is 0.110 e. The summed E-state index contributed by atoms with van der Waals surface area (Å²) >= 11 is 1.78. The number of hydrogen-bond donors (Lipinski definition) is 1. The Bertz CT molecular complexity index is 265. The van der Waals surface area contributed by atoms with E-state index in [9.17, 15) is 0 Å². The molecule has 0 saturated heterocycles. The summed E-state index contributed by atoms with van der Waals surface area (Å²) in [5.74, 6) is 1.57. The average molecular weight is 210 g/mol. The standard InChI is InChI=1S/C11H18N2S/c1-8(2)7-13-10(9-3-4-9)11-12-5-6-14-11/h5-6,8-10,13H,3-4,7H2,1-2H3. The van der Waals surface area contributed by atoms with Gasteiger partial charge in [-0.15, -0.1) is 11.3 Å². The summed E-state index contributed by atoms with van der Waals surface area (Å²) in [5.41, 5.74) is 0. The molecule has 78 valence electrons. The zero-order valence-corrected chi connectivity index (χ0v) is 9.68. The van der Waals surface area contributed by atoms with Gasteiger partial charge in [-0.3, -0.25) is 0 Å². The highest BCUT2D eigenvalue weighted by Gasteiger charge is 2.33. The van der Waals surface area contributed by atoms with E-state index in [0.717, 1.165) is 18.4 Å². The third-order valence-corrected chi connectivity index (χ3v) is 3.42. The van der Waals surface area contributed by atoms with Crippen LogP contribution in [0.1, 0.15) is 37.7 Å². The van der Waals surface area contributed by atoms with Crippen LogP contribution in [0.5, 0.6) is 0 Å². The van der Waals surface area contributed by atoms with E-state index in [0.29, 0.717) is 6.04 Å². The second kappa shape index (κ2) is 4.41. The first-order valence-electron chi connectivity index (χ1n) is 5.40. The van der Waals surface area contributed by atoms with Gasteiger partial charge in [0.15, 0.2) is 0 Å². The van der Waals surface area contributed by atoms with E-state index in [1.807, 2.05) is 6.20 Å². The van der Waals surface area contributed by atoms with Gasteiger partial charge in [0.2, 0.25) is 0 Å². The predicted octanol–water partition coefficient (Wildman–Crippen LogP) is 2.84. The molecule has 2 nitrogen and oxygen atoms in total. The fourth-order valence-electron chi connectivity index (χ4n) is 1.64. The number of nitrogens with zero attached hydrogens (tertiary/aromatic N) is 1. The lowest BCUT2D eigenvalue weighted by molar-refractivity contribution is 0.437. The summed E-state index contributed by atoms with van der Waals surface area (Å²) in [6, 6.07) is 0.525. The average Bonchev–Trinajstić information content (AvgIpc) is 2.81. The van der Waals surface area contributed by atoms with Crippen LogP contribution in [0.25, 0.3) is 0 Å². The zero-order valence-electron chi connectivity index (χ0n) is 8.86. The van der Waals surface area contributed by atoms with E-state index >= 15 is 0 Å². The largest absolute Gasteiger partial charge is 0.307 e. The molecule has 1 aromatic rings. The van der Waals surface area contributed by atoms with Crippen molar-refractivity contribution in [1.82, 2.24) is 10.3 Å². The molecule has 0 amide bonds. The van der Waals surface area contributed by atoms with Crippen molar-refractivity contribution in [2.45, 2.75) is 32.7 Å². The predicted molar refractivity (Wildman–Crippen MR) is 60.4 cm³/mol. The van der Waals surface area contributed by atoms with Crippen LogP contribution in [0.3, 0.4) is 0 Å². The maximum Gasteiger partial charge on any atom is 0.110 e. The molecule has 1 aliphatic carbocycles. The Hall–Kier alpha value is -0.410. The second-order valence-electron chi connectivity index (χ2n) is 4.49. The van der Waals surface area contributed by atoms with E-state index in [2.05, 4.69) is 29.5 Å². The number of aromatic nitrogens is 1. The van der Waals surface area contributed by atoms with Crippen LogP contribution in [0.4, 0.5) is 0 Å². The molecule has 0 aliphatic heterocycles. The molecule has 1 saturated carbocycles. The lowest BCUT2D eigenvalue weighted by Crippen LogP contribution is -2.26. The van der Waals surface area contributed by atoms with Gasteiger partial charge in [0.1, 0.15) is 5.01 Å². The van der Waals surface area contributed by atoms with Crippen molar-refractivity contribution in [3.8, 4) is 0 Å². The Kier molecular flexibility index (Phi) is 3.19. The Labute approximate surface area is 89.8 Å². The van der Waals surface area contributed by atoms with Crippen molar-refractivity contribution in [2.75, 3.05) is 6.54 Å². The van der Waals surface area contributed by atoms with E-state index in [4.69, 9.17) is 0 Å². The van der Waals surface area contributed by atoms with Gasteiger partial charge >= 0.3 is 0 Å². The SMILES string of the molecule is CC(C)CNC(c1nccs1)C1CC1. The minimum atomic E-state index is 0.525. The fraction of sp³-hybridized carbons (Fsp3) is 0.727. The quantitative estimate of drug-likeness (QED) is 0.808. The van der Waals surface area contributed by atoms with Crippen LogP contribution in [-0.2, 0) is 0 Å². The maximum absolute atomic E-state index is 4.41. The summed E-state index contributed by atoms with van der Waals surface area (Å²) in [6.07, 6.45) is 4.65. The van der Waals surface area contributed by atoms with Crippen LogP contribution >= 0.6 is 11.3 Å². The summed E-state index contributed by atoms with van der Waals surface area (Å²) in [6.45, 7) is 5.60. The van der Waals surface area contributed by atoms with Crippen molar-refractivity contribution in [3.63, 3.8) is 0 Å². The topological polar surface area (TPSA) is 24.9 Å².